The molecule has 0 radical (unpaired) electrons. The highest BCUT2D eigenvalue weighted by molar-refractivity contribution is 6.07. The van der Waals surface area contributed by atoms with Gasteiger partial charge in [0, 0.05) is 0 Å². The van der Waals surface area contributed by atoms with Crippen LogP contribution in [0, 0.1) is 0 Å². The van der Waals surface area contributed by atoms with Crippen molar-refractivity contribution in [3.05, 3.63) is 0 Å². The van der Waals surface area contributed by atoms with E-state index in [9.17, 15) is 19.2 Å². The Balaban J connectivity index is 6.18. The minimum absolute atomic E-state index is 0.0428. The number of rotatable bonds is 11. The third kappa shape index (κ3) is 5.17. The van der Waals surface area contributed by atoms with Crippen molar-refractivity contribution in [1.82, 2.24) is 0 Å². The predicted octanol–water partition coefficient (Wildman–Crippen LogP) is 1.16. The summed E-state index contributed by atoms with van der Waals surface area (Å²) in [5.74, 6) is -4.32. The zero-order chi connectivity index (χ0) is 20.4. The molecule has 0 aliphatic carbocycles. The molecule has 0 aromatic carbocycles. The molecular weight excluding hydrogens is 348 g/mol. The van der Waals surface area contributed by atoms with Crippen LogP contribution in [0.5, 0.6) is 0 Å². The fourth-order valence-electron chi connectivity index (χ4n) is 2.08. The Morgan fingerprint density at radius 1 is 0.615 bits per heavy atom. The summed E-state index contributed by atoms with van der Waals surface area (Å²) in [5.41, 5.74) is -4.68. The SMILES string of the molecule is CCOC(=O)C(C)(OC(CC)(C(=O)OCC)C(=O)OCC)C(=O)OCC. The summed E-state index contributed by atoms with van der Waals surface area (Å²) >= 11 is 0. The van der Waals surface area contributed by atoms with Gasteiger partial charge in [-0.05, 0) is 41.0 Å². The van der Waals surface area contributed by atoms with E-state index >= 15 is 0 Å². The van der Waals surface area contributed by atoms with Gasteiger partial charge < -0.3 is 23.7 Å². The van der Waals surface area contributed by atoms with Crippen molar-refractivity contribution in [2.45, 2.75) is 59.2 Å². The molecule has 0 atom stereocenters. The fraction of sp³-hybridized carbons (Fsp3) is 0.765. The number of ether oxygens (including phenoxy) is 5. The van der Waals surface area contributed by atoms with Crippen LogP contribution in [0.2, 0.25) is 0 Å². The van der Waals surface area contributed by atoms with E-state index in [1.165, 1.54) is 20.8 Å². The lowest BCUT2D eigenvalue weighted by Crippen LogP contribution is -2.61. The van der Waals surface area contributed by atoms with Crippen LogP contribution in [0.25, 0.3) is 0 Å². The molecule has 9 nitrogen and oxygen atoms in total. The molecule has 0 unspecified atom stereocenters. The van der Waals surface area contributed by atoms with E-state index < -0.39 is 35.1 Å². The van der Waals surface area contributed by atoms with Crippen LogP contribution < -0.4 is 0 Å². The molecule has 9 heteroatoms. The van der Waals surface area contributed by atoms with Crippen molar-refractivity contribution in [3.63, 3.8) is 0 Å². The van der Waals surface area contributed by atoms with Crippen LogP contribution in [0.1, 0.15) is 48.0 Å². The van der Waals surface area contributed by atoms with Crippen molar-refractivity contribution in [2.24, 2.45) is 0 Å². The molecule has 0 aromatic rings. The Morgan fingerprint density at radius 2 is 0.923 bits per heavy atom. The summed E-state index contributed by atoms with van der Waals surface area (Å²) in [7, 11) is 0. The van der Waals surface area contributed by atoms with Crippen LogP contribution in [0.15, 0.2) is 0 Å². The highest BCUT2D eigenvalue weighted by atomic mass is 16.7. The second-order valence-corrected chi connectivity index (χ2v) is 5.20. The third-order valence-corrected chi connectivity index (χ3v) is 3.42. The van der Waals surface area contributed by atoms with Crippen LogP contribution in [0.3, 0.4) is 0 Å². The molecule has 0 fully saturated rings. The maximum absolute atomic E-state index is 12.5. The van der Waals surface area contributed by atoms with Crippen LogP contribution in [-0.4, -0.2) is 61.5 Å². The molecule has 0 amide bonds. The Kier molecular flexibility index (Phi) is 9.85. The Labute approximate surface area is 153 Å². The van der Waals surface area contributed by atoms with Crippen molar-refractivity contribution in [1.29, 1.82) is 0 Å². The van der Waals surface area contributed by atoms with Gasteiger partial charge in [-0.25, -0.2) is 19.2 Å². The summed E-state index contributed by atoms with van der Waals surface area (Å²) in [4.78, 5) is 49.8. The summed E-state index contributed by atoms with van der Waals surface area (Å²) in [6, 6.07) is 0. The summed E-state index contributed by atoms with van der Waals surface area (Å²) in [6.45, 7) is 8.51. The minimum Gasteiger partial charge on any atom is -0.463 e. The molecule has 0 bridgehead atoms. The minimum atomic E-state index is -2.36. The maximum Gasteiger partial charge on any atom is 0.350 e. The zero-order valence-electron chi connectivity index (χ0n) is 16.2. The average molecular weight is 376 g/mol. The third-order valence-electron chi connectivity index (χ3n) is 3.42. The monoisotopic (exact) mass is 376 g/mol. The van der Waals surface area contributed by atoms with Gasteiger partial charge in [0.1, 0.15) is 0 Å². The van der Waals surface area contributed by atoms with Gasteiger partial charge in [-0.1, -0.05) is 6.92 Å². The number of carbonyl (C=O) groups is 4. The lowest BCUT2D eigenvalue weighted by Gasteiger charge is -2.35. The summed E-state index contributed by atoms with van der Waals surface area (Å²) < 4.78 is 25.1. The normalized spacial score (nSPS) is 11.5. The molecule has 0 aliphatic heterocycles. The van der Waals surface area contributed by atoms with Gasteiger partial charge >= 0.3 is 23.9 Å². The maximum atomic E-state index is 12.5. The highest BCUT2D eigenvalue weighted by Crippen LogP contribution is 2.30. The fourth-order valence-corrected chi connectivity index (χ4v) is 2.08. The molecule has 0 aliphatic rings. The standard InChI is InChI=1S/C17H28O9/c1-7-17(14(20)24-10-4,15(21)25-11-5)26-16(6,12(18)22-8-2)13(19)23-9-3/h7-11H2,1-6H3. The largest absolute Gasteiger partial charge is 0.463 e. The van der Waals surface area contributed by atoms with Gasteiger partial charge in [-0.15, -0.1) is 0 Å². The van der Waals surface area contributed by atoms with Gasteiger partial charge in [0.2, 0.25) is 0 Å². The lowest BCUT2D eigenvalue weighted by atomic mass is 9.97. The topological polar surface area (TPSA) is 114 Å². The Hall–Kier alpha value is -2.16. The van der Waals surface area contributed by atoms with Gasteiger partial charge in [-0.2, -0.15) is 0 Å². The number of hydrogen-bond acceptors (Lipinski definition) is 9. The first kappa shape index (κ1) is 23.8. The van der Waals surface area contributed by atoms with Crippen molar-refractivity contribution < 1.29 is 42.9 Å². The molecule has 0 saturated heterocycles. The zero-order valence-corrected chi connectivity index (χ0v) is 16.2. The van der Waals surface area contributed by atoms with Gasteiger partial charge in [0.15, 0.2) is 0 Å². The van der Waals surface area contributed by atoms with Crippen molar-refractivity contribution in [3.8, 4) is 0 Å². The Morgan fingerprint density at radius 3 is 1.19 bits per heavy atom. The predicted molar refractivity (Wildman–Crippen MR) is 89.0 cm³/mol. The molecule has 0 saturated carbocycles. The van der Waals surface area contributed by atoms with Crippen molar-refractivity contribution in [2.75, 3.05) is 26.4 Å². The van der Waals surface area contributed by atoms with E-state index in [2.05, 4.69) is 0 Å². The van der Waals surface area contributed by atoms with Gasteiger partial charge in [-0.3, -0.25) is 0 Å². The van der Waals surface area contributed by atoms with Crippen molar-refractivity contribution >= 4 is 23.9 Å². The number of hydrogen-bond donors (Lipinski definition) is 0. The van der Waals surface area contributed by atoms with E-state index in [-0.39, 0.29) is 32.8 Å². The van der Waals surface area contributed by atoms with E-state index in [0.717, 1.165) is 6.92 Å². The van der Waals surface area contributed by atoms with E-state index in [0.29, 0.717) is 0 Å². The number of esters is 4. The molecular formula is C17H28O9. The van der Waals surface area contributed by atoms with E-state index in [1.807, 2.05) is 0 Å². The smallest absolute Gasteiger partial charge is 0.350 e. The highest BCUT2D eigenvalue weighted by Gasteiger charge is 2.59. The van der Waals surface area contributed by atoms with Gasteiger partial charge in [0.05, 0.1) is 26.4 Å². The summed E-state index contributed by atoms with van der Waals surface area (Å²) in [6.07, 6.45) is -0.237. The van der Waals surface area contributed by atoms with E-state index in [4.69, 9.17) is 23.7 Å². The molecule has 0 rings (SSSR count). The molecule has 0 heterocycles. The molecule has 26 heavy (non-hydrogen) atoms. The lowest BCUT2D eigenvalue weighted by molar-refractivity contribution is -0.223. The van der Waals surface area contributed by atoms with Crippen LogP contribution >= 0.6 is 0 Å². The molecule has 0 aromatic heterocycles. The first-order valence-corrected chi connectivity index (χ1v) is 8.59. The first-order valence-electron chi connectivity index (χ1n) is 8.59. The molecule has 0 spiro atoms. The summed E-state index contributed by atoms with van der Waals surface area (Å²) in [5, 5.41) is 0. The second-order valence-electron chi connectivity index (χ2n) is 5.20. The Bertz CT molecular complexity index is 476. The number of carbonyl (C=O) groups excluding carboxylic acids is 4. The quantitative estimate of drug-likeness (QED) is 0.298. The second kappa shape index (κ2) is 10.7. The van der Waals surface area contributed by atoms with Crippen LogP contribution in [-0.2, 0) is 42.9 Å². The van der Waals surface area contributed by atoms with Gasteiger partial charge in [0.25, 0.3) is 11.2 Å². The molecule has 0 N–H and O–H groups in total. The molecule has 150 valence electrons. The van der Waals surface area contributed by atoms with E-state index in [1.54, 1.807) is 13.8 Å². The van der Waals surface area contributed by atoms with Crippen LogP contribution in [0.4, 0.5) is 0 Å². The first-order chi connectivity index (χ1) is 12.2. The average Bonchev–Trinajstić information content (AvgIpc) is 2.60.